The zero-order valence-electron chi connectivity index (χ0n) is 39.3. The lowest BCUT2D eigenvalue weighted by Crippen LogP contribution is -2.22. The molecule has 60 heavy (non-hydrogen) atoms. The highest BCUT2D eigenvalue weighted by atomic mass is 16.5. The van der Waals surface area contributed by atoms with E-state index in [1.54, 1.807) is 63.5 Å². The second-order valence-corrected chi connectivity index (χ2v) is 9.91. The average Bonchev–Trinajstić information content (AvgIpc) is 3.24. The molecule has 0 aliphatic heterocycles. The zero-order chi connectivity index (χ0) is 49.2. The first-order valence-corrected chi connectivity index (χ1v) is 17.6. The molecule has 0 aromatic carbocycles. The number of nitrogens with one attached hydrogen (secondary N) is 7. The Morgan fingerprint density at radius 3 is 0.683 bits per heavy atom. The minimum atomic E-state index is -0.407. The van der Waals surface area contributed by atoms with Crippen molar-refractivity contribution in [1.82, 2.24) is 37.2 Å². The molecule has 0 aliphatic rings. The van der Waals surface area contributed by atoms with Crippen molar-refractivity contribution < 1.29 is 81.0 Å². The topological polar surface area (TPSA) is 312 Å². The third-order valence-corrected chi connectivity index (χ3v) is 4.87. The van der Waals surface area contributed by atoms with Gasteiger partial charge in [-0.15, -0.1) is 0 Å². The second kappa shape index (κ2) is 71.7. The largest absolute Gasteiger partial charge is 0.453 e. The highest BCUT2D eigenvalue weighted by Crippen LogP contribution is 1.79. The molecule has 360 valence electrons. The van der Waals surface area contributed by atoms with Crippen LogP contribution in [0.1, 0.15) is 40.0 Å². The summed E-state index contributed by atoms with van der Waals surface area (Å²) in [6.45, 7) is 6.60. The van der Waals surface area contributed by atoms with Gasteiger partial charge in [0.2, 0.25) is 29.5 Å². The van der Waals surface area contributed by atoms with Crippen molar-refractivity contribution in [3.05, 3.63) is 0 Å². The quantitative estimate of drug-likeness (QED) is 0.102. The lowest BCUT2D eigenvalue weighted by Gasteiger charge is -1.95. The fourth-order valence-corrected chi connectivity index (χ4v) is 1.70. The smallest absolute Gasteiger partial charge is 0.406 e. The van der Waals surface area contributed by atoms with Crippen LogP contribution < -0.4 is 37.2 Å². The summed E-state index contributed by atoms with van der Waals surface area (Å²) in [5.41, 5.74) is 0. The van der Waals surface area contributed by atoms with Gasteiger partial charge in [0.05, 0.1) is 34.0 Å². The monoisotopic (exact) mass is 882 g/mol. The van der Waals surface area contributed by atoms with Crippen LogP contribution in [0.15, 0.2) is 0 Å². The van der Waals surface area contributed by atoms with Crippen LogP contribution >= 0.6 is 0 Å². The lowest BCUT2D eigenvalue weighted by molar-refractivity contribution is -0.124. The first-order valence-electron chi connectivity index (χ1n) is 17.6. The Kier molecular flexibility index (Phi) is 90.5. The molecule has 7 amide bonds. The summed E-state index contributed by atoms with van der Waals surface area (Å²) in [5, 5.41) is 16.7. The number of hydrogen-bond acceptors (Lipinski definition) is 17. The highest BCUT2D eigenvalue weighted by Gasteiger charge is 1.94. The van der Waals surface area contributed by atoms with Crippen LogP contribution in [0.2, 0.25) is 0 Å². The molecule has 7 N–H and O–H groups in total. The first-order chi connectivity index (χ1) is 28.2. The fraction of sp³-hybridized carbons (Fsp3) is 0.750. The van der Waals surface area contributed by atoms with Crippen LogP contribution in [-0.2, 0) is 71.5 Å². The third kappa shape index (κ3) is 124. The van der Waals surface area contributed by atoms with Crippen molar-refractivity contribution in [2.75, 3.05) is 146 Å². The summed E-state index contributed by atoms with van der Waals surface area (Å²) in [6, 6.07) is 0. The summed E-state index contributed by atoms with van der Waals surface area (Å²) in [6.07, 6.45) is 0.626. The van der Waals surface area contributed by atoms with Gasteiger partial charge in [0.1, 0.15) is 25.6 Å². The van der Waals surface area contributed by atoms with Gasteiger partial charge < -0.3 is 75.1 Å². The molecule has 0 spiro atoms. The summed E-state index contributed by atoms with van der Waals surface area (Å²) in [7, 11) is 22.8. The molecule has 0 aromatic heterocycles. The maximum Gasteiger partial charge on any atom is 0.406 e. The number of ketones is 2. The highest BCUT2D eigenvalue weighted by molar-refractivity contribution is 5.78. The van der Waals surface area contributed by atoms with E-state index < -0.39 is 12.2 Å². The van der Waals surface area contributed by atoms with Crippen LogP contribution in [-0.4, -0.2) is 199 Å². The van der Waals surface area contributed by atoms with Gasteiger partial charge in [-0.2, -0.15) is 0 Å². The normalized spacial score (nSPS) is 8.10. The van der Waals surface area contributed by atoms with Crippen LogP contribution in [0.5, 0.6) is 0 Å². The van der Waals surface area contributed by atoms with Gasteiger partial charge in [-0.05, 0) is 13.8 Å². The SMILES string of the molecule is CNC(=O)CCOC.CNC(=O)CCOC.CNC(=O)COC.CNC(=O)COC.CNC(=O)OC.CNC(=O)OC.CNC(C)=O.COCC(C)=O.COCCC(C)=O. The van der Waals surface area contributed by atoms with Gasteiger partial charge >= 0.3 is 12.2 Å². The molecule has 0 unspecified atom stereocenters. The summed E-state index contributed by atoms with van der Waals surface area (Å²) < 4.78 is 35.7. The summed E-state index contributed by atoms with van der Waals surface area (Å²) in [5.74, 6) is 0.105. The van der Waals surface area contributed by atoms with E-state index in [1.807, 2.05) is 0 Å². The molecule has 0 saturated carbocycles. The van der Waals surface area contributed by atoms with E-state index in [4.69, 9.17) is 0 Å². The van der Waals surface area contributed by atoms with E-state index in [9.17, 15) is 43.2 Å². The van der Waals surface area contributed by atoms with Crippen molar-refractivity contribution in [3.8, 4) is 0 Å². The number of carbonyl (C=O) groups excluding carboxylic acids is 9. The van der Waals surface area contributed by atoms with E-state index in [0.29, 0.717) is 39.1 Å². The minimum Gasteiger partial charge on any atom is -0.453 e. The molecule has 0 rings (SSSR count). The lowest BCUT2D eigenvalue weighted by atomic mass is 10.3. The molecule has 0 aliphatic carbocycles. The van der Waals surface area contributed by atoms with Crippen LogP contribution in [0.4, 0.5) is 9.59 Å². The number of likely N-dealkylation sites (N-methyl/N-ethyl adjacent to an activating group) is 2. The van der Waals surface area contributed by atoms with Crippen LogP contribution in [0, 0.1) is 0 Å². The summed E-state index contributed by atoms with van der Waals surface area (Å²) >= 11 is 0. The predicted molar refractivity (Wildman–Crippen MR) is 225 cm³/mol. The number of amides is 7. The molecule has 0 heterocycles. The van der Waals surface area contributed by atoms with Crippen molar-refractivity contribution in [1.29, 1.82) is 0 Å². The molecule has 24 heteroatoms. The molecule has 0 fully saturated rings. The number of Topliss-reactive ketones (excluding diaryl/α,β-unsaturated/α-hetero) is 2. The summed E-state index contributed by atoms with van der Waals surface area (Å²) in [4.78, 5) is 90.5. The van der Waals surface area contributed by atoms with Crippen LogP contribution in [0.3, 0.4) is 0 Å². The van der Waals surface area contributed by atoms with Crippen molar-refractivity contribution in [2.45, 2.75) is 40.0 Å². The number of ether oxygens (including phenoxy) is 8. The van der Waals surface area contributed by atoms with E-state index >= 15 is 0 Å². The molecular weight excluding hydrogens is 802 g/mol. The molecule has 0 radical (unpaired) electrons. The van der Waals surface area contributed by atoms with Crippen molar-refractivity contribution in [2.24, 2.45) is 0 Å². The van der Waals surface area contributed by atoms with Crippen molar-refractivity contribution >= 4 is 53.3 Å². The molecule has 0 saturated heterocycles. The van der Waals surface area contributed by atoms with E-state index in [1.165, 1.54) is 63.5 Å². The number of hydrogen-bond donors (Lipinski definition) is 7. The van der Waals surface area contributed by atoms with E-state index in [0.717, 1.165) is 0 Å². The Morgan fingerprint density at radius 1 is 0.333 bits per heavy atom. The van der Waals surface area contributed by atoms with Gasteiger partial charge in [0.25, 0.3) is 0 Å². The minimum absolute atomic E-state index is 0.00463. The van der Waals surface area contributed by atoms with E-state index in [-0.39, 0.29) is 60.9 Å². The Balaban J connectivity index is -0.0000000699. The number of alkyl carbamates (subject to hydrolysis) is 2. The molecule has 0 atom stereocenters. The van der Waals surface area contributed by atoms with Gasteiger partial charge in [-0.25, -0.2) is 9.59 Å². The Bertz CT molecular complexity index is 958. The van der Waals surface area contributed by atoms with Crippen molar-refractivity contribution in [3.63, 3.8) is 0 Å². The maximum atomic E-state index is 10.4. The van der Waals surface area contributed by atoms with Gasteiger partial charge in [0.15, 0.2) is 5.78 Å². The van der Waals surface area contributed by atoms with Gasteiger partial charge in [0, 0.05) is 118 Å². The first kappa shape index (κ1) is 75.8. The van der Waals surface area contributed by atoms with E-state index in [2.05, 4.69) is 75.1 Å². The number of methoxy groups -OCH3 is 8. The Morgan fingerprint density at radius 2 is 0.600 bits per heavy atom. The standard InChI is InChI=1S/2C5H11NO2.C5H10O2.2C4H9NO2.C4H8O2.2C3H7NO2.C3H7NO/c2*1-6-5(7)3-4-8-2;1-5(6)3-4-7-2;2*1-5-4(6)3-7-2;1-4(5)3-6-2;2*1-4-3(5)6-2;1-3(5)4-2/h2*3-4H2,1-2H3,(H,6,7);3-4H2,1-2H3;2*3H2,1-2H3,(H,5,6);3H2,1-2H3;2*1-2H3,(H,4,5);1-2H3,(H,4,5). The maximum absolute atomic E-state index is 10.4. The molecule has 0 aromatic rings. The molecule has 0 bridgehead atoms. The molecular formula is C36H79N7O17. The fourth-order valence-electron chi connectivity index (χ4n) is 1.70. The predicted octanol–water partition coefficient (Wildman–Crippen LogP) is -1.17. The molecule has 24 nitrogen and oxygen atoms in total. The Labute approximate surface area is 357 Å². The van der Waals surface area contributed by atoms with Gasteiger partial charge in [-0.3, -0.25) is 33.6 Å². The average molecular weight is 882 g/mol. The number of carbonyl (C=O) groups is 9. The number of rotatable bonds is 15. The zero-order valence-corrected chi connectivity index (χ0v) is 39.3. The third-order valence-electron chi connectivity index (χ3n) is 4.87. The van der Waals surface area contributed by atoms with Gasteiger partial charge in [-0.1, -0.05) is 0 Å². The van der Waals surface area contributed by atoms with Crippen LogP contribution in [0.25, 0.3) is 0 Å². The second-order valence-electron chi connectivity index (χ2n) is 9.91. The Hall–Kier alpha value is -5.01.